The highest BCUT2D eigenvalue weighted by atomic mass is 32.2. The van der Waals surface area contributed by atoms with E-state index in [-0.39, 0.29) is 6.71 Å². The first kappa shape index (κ1) is 47.6. The summed E-state index contributed by atoms with van der Waals surface area (Å²) in [5, 5.41) is 0. The number of rotatable bonds is 6. The molecule has 0 radical (unpaired) electrons. The number of aryl methyl sites for hydroxylation is 2. The molecule has 0 N–H and O–H groups in total. The molecule has 0 amide bonds. The third kappa shape index (κ3) is 6.77. The molecule has 2 nitrogen and oxygen atoms in total. The van der Waals surface area contributed by atoms with E-state index < -0.39 is 10.8 Å². The molecule has 4 heteroatoms. The lowest BCUT2D eigenvalue weighted by atomic mass is 9.34. The first-order valence-electron chi connectivity index (χ1n) is 27.9. The van der Waals surface area contributed by atoms with Gasteiger partial charge in [0.15, 0.2) is 0 Å². The molecule has 1 aliphatic carbocycles. The van der Waals surface area contributed by atoms with Crippen LogP contribution in [-0.2, 0) is 10.8 Å². The summed E-state index contributed by atoms with van der Waals surface area (Å²) in [6.45, 7) is 18.9. The maximum Gasteiger partial charge on any atom is 0.244 e. The molecule has 374 valence electrons. The van der Waals surface area contributed by atoms with Crippen LogP contribution in [0.15, 0.2) is 228 Å². The van der Waals surface area contributed by atoms with Gasteiger partial charge in [0.25, 0.3) is 0 Å². The third-order valence-corrected chi connectivity index (χ3v) is 18.8. The Morgan fingerprint density at radius 2 is 0.779 bits per heavy atom. The summed E-state index contributed by atoms with van der Waals surface area (Å²) in [5.74, 6) is 1.21. The van der Waals surface area contributed by atoms with Gasteiger partial charge in [-0.1, -0.05) is 245 Å². The average Bonchev–Trinajstić information content (AvgIpc) is 3.64. The van der Waals surface area contributed by atoms with E-state index in [1.165, 1.54) is 127 Å². The lowest BCUT2D eigenvalue weighted by Gasteiger charge is -2.56. The van der Waals surface area contributed by atoms with Crippen LogP contribution >= 0.6 is 11.8 Å². The molecule has 3 heterocycles. The van der Waals surface area contributed by atoms with Crippen LogP contribution in [0, 0.1) is 13.8 Å². The van der Waals surface area contributed by atoms with Gasteiger partial charge in [-0.25, -0.2) is 0 Å². The fourth-order valence-corrected chi connectivity index (χ4v) is 15.6. The van der Waals surface area contributed by atoms with Gasteiger partial charge in [-0.3, -0.25) is 0 Å². The molecular weight excluding hydrogens is 948 g/mol. The number of hydrogen-bond donors (Lipinski definition) is 0. The third-order valence-electron chi connectivity index (χ3n) is 17.7. The summed E-state index contributed by atoms with van der Waals surface area (Å²) in [6.07, 6.45) is 0. The van der Waals surface area contributed by atoms with E-state index in [2.05, 4.69) is 284 Å². The molecule has 0 saturated heterocycles. The van der Waals surface area contributed by atoms with Crippen molar-refractivity contribution in [3.8, 4) is 0 Å². The van der Waals surface area contributed by atoms with Gasteiger partial charge < -0.3 is 9.80 Å². The second kappa shape index (κ2) is 17.9. The molecule has 3 aliphatic heterocycles. The van der Waals surface area contributed by atoms with Gasteiger partial charge in [0.2, 0.25) is 6.71 Å². The number of anilines is 6. The van der Waals surface area contributed by atoms with E-state index >= 15 is 0 Å². The van der Waals surface area contributed by atoms with Gasteiger partial charge >= 0.3 is 0 Å². The Morgan fingerprint density at radius 1 is 0.351 bits per heavy atom. The maximum absolute atomic E-state index is 2.60. The van der Waals surface area contributed by atoms with Crippen LogP contribution in [0.1, 0.15) is 132 Å². The van der Waals surface area contributed by atoms with E-state index in [0.717, 1.165) is 5.69 Å². The molecule has 0 saturated carbocycles. The first-order chi connectivity index (χ1) is 37.5. The SMILES string of the molecule is Cc1ccc2c(c1)C1(c3cc(C)ccc3N2c2ccc3c(c2)Sc2ccccc2B3c2c(C(C)C)cc(C(C)C)cc2C(C)C)c2ccccc2C2(c3ccccc3N(c3ccccc3)c3ccccc32)c2ccccc21. The van der Waals surface area contributed by atoms with Crippen molar-refractivity contribution in [1.82, 2.24) is 0 Å². The van der Waals surface area contributed by atoms with E-state index in [9.17, 15) is 0 Å². The Morgan fingerprint density at radius 3 is 1.30 bits per heavy atom. The molecule has 10 aromatic rings. The Balaban J connectivity index is 1.02. The largest absolute Gasteiger partial charge is 0.310 e. The zero-order chi connectivity index (χ0) is 52.5. The van der Waals surface area contributed by atoms with Crippen molar-refractivity contribution in [3.63, 3.8) is 0 Å². The molecule has 0 fully saturated rings. The molecule has 0 unspecified atom stereocenters. The first-order valence-corrected chi connectivity index (χ1v) is 28.7. The fourth-order valence-electron chi connectivity index (χ4n) is 14.4. The van der Waals surface area contributed by atoms with Gasteiger partial charge in [-0.05, 0) is 147 Å². The monoisotopic (exact) mass is 1010 g/mol. The summed E-state index contributed by atoms with van der Waals surface area (Å²) in [7, 11) is 0. The summed E-state index contributed by atoms with van der Waals surface area (Å²) < 4.78 is 0. The normalized spacial score (nSPS) is 14.9. The molecule has 10 aromatic carbocycles. The lowest BCUT2D eigenvalue weighted by Crippen LogP contribution is -2.57. The number of para-hydroxylation sites is 3. The molecule has 0 atom stereocenters. The van der Waals surface area contributed by atoms with Crippen molar-refractivity contribution in [1.29, 1.82) is 0 Å². The van der Waals surface area contributed by atoms with Crippen molar-refractivity contribution in [3.05, 3.63) is 291 Å². The van der Waals surface area contributed by atoms with Crippen molar-refractivity contribution < 1.29 is 0 Å². The van der Waals surface area contributed by atoms with Crippen LogP contribution in [0.25, 0.3) is 0 Å². The molecular formula is C73H63BN2S. The molecule has 14 rings (SSSR count). The molecule has 77 heavy (non-hydrogen) atoms. The van der Waals surface area contributed by atoms with Crippen molar-refractivity contribution in [2.75, 3.05) is 9.80 Å². The second-order valence-electron chi connectivity index (χ2n) is 23.0. The fraction of sp³-hybridized carbons (Fsp3) is 0.178. The second-order valence-corrected chi connectivity index (χ2v) is 24.1. The highest BCUT2D eigenvalue weighted by Crippen LogP contribution is 2.68. The minimum absolute atomic E-state index is 0.111. The number of hydrogen-bond acceptors (Lipinski definition) is 3. The minimum Gasteiger partial charge on any atom is -0.310 e. The molecule has 0 aromatic heterocycles. The van der Waals surface area contributed by atoms with E-state index in [4.69, 9.17) is 0 Å². The quantitative estimate of drug-likeness (QED) is 0.153. The molecule has 4 aliphatic rings. The summed E-state index contributed by atoms with van der Waals surface area (Å²) in [4.78, 5) is 7.74. The molecule has 0 bridgehead atoms. The zero-order valence-corrected chi connectivity index (χ0v) is 46.2. The van der Waals surface area contributed by atoms with E-state index in [1.54, 1.807) is 0 Å². The smallest absolute Gasteiger partial charge is 0.244 e. The van der Waals surface area contributed by atoms with Crippen LogP contribution in [0.5, 0.6) is 0 Å². The number of benzene rings is 10. The predicted molar refractivity (Wildman–Crippen MR) is 327 cm³/mol. The van der Waals surface area contributed by atoms with E-state index in [0.29, 0.717) is 17.8 Å². The van der Waals surface area contributed by atoms with E-state index in [1.807, 2.05) is 11.8 Å². The Bertz CT molecular complexity index is 3840. The lowest BCUT2D eigenvalue weighted by molar-refractivity contribution is 0.607. The van der Waals surface area contributed by atoms with Crippen LogP contribution in [0.3, 0.4) is 0 Å². The van der Waals surface area contributed by atoms with Crippen LogP contribution in [0.4, 0.5) is 34.1 Å². The summed E-state index contributed by atoms with van der Waals surface area (Å²) >= 11 is 1.94. The predicted octanol–water partition coefficient (Wildman–Crippen LogP) is 17.3. The minimum atomic E-state index is -0.673. The van der Waals surface area contributed by atoms with Gasteiger partial charge in [-0.2, -0.15) is 0 Å². The van der Waals surface area contributed by atoms with Crippen LogP contribution in [0.2, 0.25) is 0 Å². The van der Waals surface area contributed by atoms with Crippen molar-refractivity contribution >= 4 is 69.0 Å². The van der Waals surface area contributed by atoms with Gasteiger partial charge in [0.05, 0.1) is 33.6 Å². The maximum atomic E-state index is 2.60. The number of nitrogens with zero attached hydrogens (tertiary/aromatic N) is 2. The average molecular weight is 1010 g/mol. The topological polar surface area (TPSA) is 6.48 Å². The number of fused-ring (bicyclic) bond motifs is 16. The highest BCUT2D eigenvalue weighted by molar-refractivity contribution is 8.00. The Hall–Kier alpha value is -7.79. The Kier molecular flexibility index (Phi) is 11.1. The van der Waals surface area contributed by atoms with Gasteiger partial charge in [0.1, 0.15) is 0 Å². The summed E-state index contributed by atoms with van der Waals surface area (Å²) in [6, 6.07) is 84.5. The van der Waals surface area contributed by atoms with Crippen LogP contribution in [-0.4, -0.2) is 6.71 Å². The Labute approximate surface area is 460 Å². The summed E-state index contributed by atoms with van der Waals surface area (Å²) in [5.41, 5.74) is 27.4. The van der Waals surface area contributed by atoms with Crippen molar-refractivity contribution in [2.45, 2.75) is 93.8 Å². The standard InChI is InChI=1S/C73H63BN2S/c1-45(2)50-42-53(46(3)4)71(54(43-50)47(5)6)74-63-30-18-21-33-69(63)77-70-44-52(36-37-64(70)74)76-67-38-34-48(7)40-61(67)73(62-41-49(8)35-39-68(62)76)57-26-14-12-24-55(57)72(56-25-13-15-27-58(56)73)59-28-16-19-31-65(59)75(51-22-10-9-11-23-51)66-32-20-17-29-60(66)72/h9-47H,1-8H3. The van der Waals surface area contributed by atoms with Crippen LogP contribution < -0.4 is 26.2 Å². The highest BCUT2D eigenvalue weighted by Gasteiger charge is 2.59. The zero-order valence-electron chi connectivity index (χ0n) is 45.4. The molecule has 2 spiro atoms. The van der Waals surface area contributed by atoms with Gasteiger partial charge in [-0.15, -0.1) is 0 Å². The van der Waals surface area contributed by atoms with Crippen molar-refractivity contribution in [2.24, 2.45) is 0 Å². The van der Waals surface area contributed by atoms with Gasteiger partial charge in [0, 0.05) is 21.2 Å².